The predicted molar refractivity (Wildman–Crippen MR) is 88.3 cm³/mol. The first kappa shape index (κ1) is 18.3. The standard InChI is InChI=1S/C20H23FN.Ir/c1-18(2)15-9-7-13(17-10-8-14(21)12-22-17)11-16(15)19(3,4)20(18,5)6;/h8-12H,1-6H3;/q-1;. The van der Waals surface area contributed by atoms with E-state index < -0.39 is 0 Å². The van der Waals surface area contributed by atoms with Gasteiger partial charge >= 0.3 is 0 Å². The van der Waals surface area contributed by atoms with Gasteiger partial charge in [-0.05, 0) is 28.0 Å². The van der Waals surface area contributed by atoms with Crippen molar-refractivity contribution in [1.29, 1.82) is 0 Å². The zero-order valence-corrected chi connectivity index (χ0v) is 16.9. The van der Waals surface area contributed by atoms with Crippen LogP contribution in [0.3, 0.4) is 0 Å². The first-order chi connectivity index (χ1) is 10.1. The second-order valence-corrected chi connectivity index (χ2v) is 7.91. The average molecular weight is 489 g/mol. The molecule has 0 fully saturated rings. The quantitative estimate of drug-likeness (QED) is 0.498. The summed E-state index contributed by atoms with van der Waals surface area (Å²) < 4.78 is 13.1. The van der Waals surface area contributed by atoms with E-state index in [1.165, 1.54) is 23.4 Å². The Labute approximate surface area is 152 Å². The Morgan fingerprint density at radius 1 is 0.957 bits per heavy atom. The summed E-state index contributed by atoms with van der Waals surface area (Å²) in [5.41, 5.74) is 4.66. The van der Waals surface area contributed by atoms with Crippen molar-refractivity contribution in [3.63, 3.8) is 0 Å². The number of rotatable bonds is 1. The molecule has 1 aromatic heterocycles. The van der Waals surface area contributed by atoms with Crippen LogP contribution in [-0.2, 0) is 30.9 Å². The number of benzene rings is 1. The van der Waals surface area contributed by atoms with Gasteiger partial charge in [-0.2, -0.15) is 0 Å². The van der Waals surface area contributed by atoms with E-state index in [-0.39, 0.29) is 42.2 Å². The Bertz CT molecular complexity index is 730. The summed E-state index contributed by atoms with van der Waals surface area (Å²) in [4.78, 5) is 4.19. The van der Waals surface area contributed by atoms with Crippen LogP contribution in [0.5, 0.6) is 0 Å². The minimum absolute atomic E-state index is 0. The van der Waals surface area contributed by atoms with Crippen LogP contribution in [0.25, 0.3) is 11.3 Å². The summed E-state index contributed by atoms with van der Waals surface area (Å²) in [5, 5.41) is 0. The van der Waals surface area contributed by atoms with Gasteiger partial charge in [-0.3, -0.25) is 0 Å². The van der Waals surface area contributed by atoms with Crippen molar-refractivity contribution in [1.82, 2.24) is 4.98 Å². The van der Waals surface area contributed by atoms with Gasteiger partial charge in [0.25, 0.3) is 0 Å². The van der Waals surface area contributed by atoms with Crippen molar-refractivity contribution in [3.05, 3.63) is 53.5 Å². The molecular weight excluding hydrogens is 465 g/mol. The maximum atomic E-state index is 13.1. The Hall–Kier alpha value is -1.05. The van der Waals surface area contributed by atoms with Crippen molar-refractivity contribution in [2.45, 2.75) is 52.4 Å². The third-order valence-corrected chi connectivity index (χ3v) is 6.43. The molecule has 1 aliphatic rings. The molecule has 3 heteroatoms. The van der Waals surface area contributed by atoms with Crippen LogP contribution in [0.2, 0.25) is 0 Å². The zero-order chi connectivity index (χ0) is 16.3. The van der Waals surface area contributed by atoms with E-state index in [9.17, 15) is 4.39 Å². The molecule has 1 nitrogen and oxygen atoms in total. The largest absolute Gasteiger partial charge is 0.302 e. The SMILES string of the molecule is CC1(C)c2c[c-]c(-c3ccc(F)cn3)cc2C(C)(C)C1(C)C.[Ir]. The van der Waals surface area contributed by atoms with Crippen LogP contribution < -0.4 is 0 Å². The summed E-state index contributed by atoms with van der Waals surface area (Å²) in [6, 6.07) is 10.8. The van der Waals surface area contributed by atoms with Gasteiger partial charge < -0.3 is 4.98 Å². The number of pyridine rings is 1. The molecule has 2 aromatic rings. The molecule has 0 N–H and O–H groups in total. The molecule has 0 amide bonds. The third-order valence-electron chi connectivity index (χ3n) is 6.43. The van der Waals surface area contributed by atoms with Gasteiger partial charge in [-0.25, -0.2) is 4.39 Å². The minimum atomic E-state index is -0.312. The second kappa shape index (κ2) is 5.50. The van der Waals surface area contributed by atoms with Gasteiger partial charge in [-0.1, -0.05) is 47.6 Å². The Balaban J connectivity index is 0.00000192. The fourth-order valence-corrected chi connectivity index (χ4v) is 3.66. The first-order valence-electron chi connectivity index (χ1n) is 7.77. The molecule has 0 aliphatic heterocycles. The smallest absolute Gasteiger partial charge is 0.139 e. The Morgan fingerprint density at radius 3 is 2.13 bits per heavy atom. The molecule has 1 aromatic carbocycles. The molecule has 0 bridgehead atoms. The minimum Gasteiger partial charge on any atom is -0.302 e. The number of aromatic nitrogens is 1. The summed E-state index contributed by atoms with van der Waals surface area (Å²) >= 11 is 0. The van der Waals surface area contributed by atoms with Crippen LogP contribution in [-0.4, -0.2) is 4.98 Å². The normalized spacial score (nSPS) is 19.8. The van der Waals surface area contributed by atoms with Crippen molar-refractivity contribution in [2.75, 3.05) is 0 Å². The number of hydrogen-bond acceptors (Lipinski definition) is 1. The van der Waals surface area contributed by atoms with Crippen molar-refractivity contribution < 1.29 is 24.5 Å². The van der Waals surface area contributed by atoms with Crippen molar-refractivity contribution in [2.24, 2.45) is 5.41 Å². The van der Waals surface area contributed by atoms with Gasteiger partial charge in [0.2, 0.25) is 0 Å². The van der Waals surface area contributed by atoms with Gasteiger partial charge in [0.05, 0.1) is 6.20 Å². The molecule has 0 unspecified atom stereocenters. The van der Waals surface area contributed by atoms with Crippen molar-refractivity contribution in [3.8, 4) is 11.3 Å². The number of hydrogen-bond donors (Lipinski definition) is 0. The van der Waals surface area contributed by atoms with E-state index in [1.54, 1.807) is 6.07 Å². The molecule has 1 heterocycles. The topological polar surface area (TPSA) is 12.9 Å². The van der Waals surface area contributed by atoms with Gasteiger partial charge in [0.15, 0.2) is 0 Å². The number of halogens is 1. The molecule has 125 valence electrons. The Morgan fingerprint density at radius 2 is 1.57 bits per heavy atom. The van der Waals surface area contributed by atoms with E-state index in [0.717, 1.165) is 11.3 Å². The maximum Gasteiger partial charge on any atom is 0.139 e. The Kier molecular flexibility index (Phi) is 4.37. The molecule has 23 heavy (non-hydrogen) atoms. The second-order valence-electron chi connectivity index (χ2n) is 7.91. The summed E-state index contributed by atoms with van der Waals surface area (Å²) in [6.07, 6.45) is 1.26. The fourth-order valence-electron chi connectivity index (χ4n) is 3.66. The van der Waals surface area contributed by atoms with Crippen LogP contribution in [0.4, 0.5) is 4.39 Å². The average Bonchev–Trinajstić information content (AvgIpc) is 2.56. The van der Waals surface area contributed by atoms with Crippen LogP contribution in [0.1, 0.15) is 52.7 Å². The van der Waals surface area contributed by atoms with Crippen LogP contribution in [0, 0.1) is 17.3 Å². The van der Waals surface area contributed by atoms with E-state index in [1.807, 2.05) is 0 Å². The molecule has 0 atom stereocenters. The van der Waals surface area contributed by atoms with E-state index in [2.05, 4.69) is 64.7 Å². The van der Waals surface area contributed by atoms with Crippen molar-refractivity contribution >= 4 is 0 Å². The van der Waals surface area contributed by atoms with Crippen LogP contribution >= 0.6 is 0 Å². The number of fused-ring (bicyclic) bond motifs is 1. The maximum absolute atomic E-state index is 13.1. The molecular formula is C20H23FIrN-. The molecule has 1 radical (unpaired) electrons. The predicted octanol–water partition coefficient (Wildman–Crippen LogP) is 5.28. The summed E-state index contributed by atoms with van der Waals surface area (Å²) in [5.74, 6) is -0.312. The van der Waals surface area contributed by atoms with E-state index in [4.69, 9.17) is 0 Å². The molecule has 0 saturated heterocycles. The van der Waals surface area contributed by atoms with Gasteiger partial charge in [-0.15, -0.1) is 34.9 Å². The van der Waals surface area contributed by atoms with Crippen LogP contribution in [0.15, 0.2) is 30.5 Å². The fraction of sp³-hybridized carbons (Fsp3) is 0.450. The molecule has 0 spiro atoms. The van der Waals surface area contributed by atoms with E-state index >= 15 is 0 Å². The number of nitrogens with zero attached hydrogens (tertiary/aromatic N) is 1. The van der Waals surface area contributed by atoms with E-state index in [0.29, 0.717) is 0 Å². The third kappa shape index (κ3) is 2.40. The summed E-state index contributed by atoms with van der Waals surface area (Å²) in [6.45, 7) is 13.9. The van der Waals surface area contributed by atoms with Gasteiger partial charge in [0.1, 0.15) is 5.82 Å². The molecule has 0 saturated carbocycles. The monoisotopic (exact) mass is 489 g/mol. The van der Waals surface area contributed by atoms with Gasteiger partial charge in [0, 0.05) is 20.1 Å². The summed E-state index contributed by atoms with van der Waals surface area (Å²) in [7, 11) is 0. The molecule has 1 aliphatic carbocycles. The first-order valence-corrected chi connectivity index (χ1v) is 7.77. The zero-order valence-electron chi connectivity index (χ0n) is 14.5. The molecule has 3 rings (SSSR count).